The summed E-state index contributed by atoms with van der Waals surface area (Å²) in [5.41, 5.74) is 13.7. The van der Waals surface area contributed by atoms with Gasteiger partial charge in [-0.2, -0.15) is 4.98 Å². The molecule has 0 saturated heterocycles. The largest absolute Gasteiger partial charge is 0.383 e. The number of fused-ring (bicyclic) bond motifs is 1. The standard InChI is InChI=1S/C13H13ClN6/c1-2-9-18-10(11(14)19-9)6-3-4-7-8(5-6)17-13(16)20-12(7)15/h3-5H,2H2,1H3,(H,18,19)(H4,15,16,17,20). The Balaban J connectivity index is 2.19. The number of hydrogen-bond donors (Lipinski definition) is 3. The third-order valence-corrected chi connectivity index (χ3v) is 3.33. The fourth-order valence-corrected chi connectivity index (χ4v) is 2.34. The van der Waals surface area contributed by atoms with Gasteiger partial charge >= 0.3 is 0 Å². The van der Waals surface area contributed by atoms with Crippen molar-refractivity contribution < 1.29 is 0 Å². The molecule has 0 aliphatic carbocycles. The second-order valence-electron chi connectivity index (χ2n) is 4.40. The molecular weight excluding hydrogens is 276 g/mol. The zero-order valence-electron chi connectivity index (χ0n) is 10.8. The van der Waals surface area contributed by atoms with E-state index in [-0.39, 0.29) is 5.95 Å². The van der Waals surface area contributed by atoms with Crippen LogP contribution in [0.25, 0.3) is 22.2 Å². The summed E-state index contributed by atoms with van der Waals surface area (Å²) in [5, 5.41) is 1.27. The average Bonchev–Trinajstić information content (AvgIpc) is 2.79. The van der Waals surface area contributed by atoms with Crippen LogP contribution < -0.4 is 11.5 Å². The van der Waals surface area contributed by atoms with Gasteiger partial charge in [-0.05, 0) is 12.1 Å². The molecule has 0 aliphatic heterocycles. The number of nitrogens with one attached hydrogen (secondary N) is 1. The highest BCUT2D eigenvalue weighted by molar-refractivity contribution is 6.32. The van der Waals surface area contributed by atoms with Gasteiger partial charge in [-0.25, -0.2) is 9.97 Å². The van der Waals surface area contributed by atoms with Gasteiger partial charge in [0.25, 0.3) is 0 Å². The monoisotopic (exact) mass is 288 g/mol. The van der Waals surface area contributed by atoms with Crippen molar-refractivity contribution in [3.63, 3.8) is 0 Å². The number of hydrogen-bond acceptors (Lipinski definition) is 5. The number of nitrogens with two attached hydrogens (primary N) is 2. The molecule has 0 radical (unpaired) electrons. The Morgan fingerprint density at radius 3 is 2.70 bits per heavy atom. The molecule has 0 aliphatic rings. The smallest absolute Gasteiger partial charge is 0.222 e. The van der Waals surface area contributed by atoms with Crippen molar-refractivity contribution in [1.82, 2.24) is 19.9 Å². The minimum absolute atomic E-state index is 0.148. The number of benzene rings is 1. The van der Waals surface area contributed by atoms with Crippen LogP contribution in [0.2, 0.25) is 5.15 Å². The highest BCUT2D eigenvalue weighted by Crippen LogP contribution is 2.29. The molecule has 0 unspecified atom stereocenters. The molecule has 0 fully saturated rings. The summed E-state index contributed by atoms with van der Waals surface area (Å²) in [7, 11) is 0. The van der Waals surface area contributed by atoms with Crippen molar-refractivity contribution >= 4 is 34.3 Å². The molecule has 3 aromatic rings. The Labute approximate surface area is 120 Å². The van der Waals surface area contributed by atoms with Crippen LogP contribution in [0.3, 0.4) is 0 Å². The number of halogens is 1. The molecule has 3 rings (SSSR count). The molecule has 7 heteroatoms. The first-order valence-electron chi connectivity index (χ1n) is 6.16. The van der Waals surface area contributed by atoms with Crippen molar-refractivity contribution in [2.75, 3.05) is 11.5 Å². The molecule has 2 aromatic heterocycles. The number of aromatic nitrogens is 4. The Bertz CT molecular complexity index is 795. The molecule has 0 saturated carbocycles. The second-order valence-corrected chi connectivity index (χ2v) is 4.78. The van der Waals surface area contributed by atoms with E-state index in [0.29, 0.717) is 22.2 Å². The third-order valence-electron chi connectivity index (χ3n) is 3.06. The van der Waals surface area contributed by atoms with Crippen molar-refractivity contribution in [3.05, 3.63) is 29.2 Å². The van der Waals surface area contributed by atoms with Crippen LogP contribution in [-0.2, 0) is 6.42 Å². The van der Waals surface area contributed by atoms with Gasteiger partial charge in [-0.3, -0.25) is 0 Å². The van der Waals surface area contributed by atoms with E-state index in [1.165, 1.54) is 0 Å². The lowest BCUT2D eigenvalue weighted by Crippen LogP contribution is -2.00. The topological polar surface area (TPSA) is 106 Å². The lowest BCUT2D eigenvalue weighted by Gasteiger charge is -2.04. The van der Waals surface area contributed by atoms with Crippen molar-refractivity contribution in [2.45, 2.75) is 13.3 Å². The van der Waals surface area contributed by atoms with Crippen LogP contribution in [0.4, 0.5) is 11.8 Å². The van der Waals surface area contributed by atoms with Gasteiger partial charge in [0, 0.05) is 17.4 Å². The van der Waals surface area contributed by atoms with Crippen molar-refractivity contribution in [2.24, 2.45) is 0 Å². The Morgan fingerprint density at radius 2 is 2.00 bits per heavy atom. The van der Waals surface area contributed by atoms with Crippen LogP contribution >= 0.6 is 11.6 Å². The lowest BCUT2D eigenvalue weighted by atomic mass is 10.1. The summed E-state index contributed by atoms with van der Waals surface area (Å²) in [5.74, 6) is 1.35. The molecule has 0 bridgehead atoms. The zero-order valence-corrected chi connectivity index (χ0v) is 11.6. The Hall–Kier alpha value is -2.34. The predicted octanol–water partition coefficient (Wildman–Crippen LogP) is 2.40. The molecule has 5 N–H and O–H groups in total. The van der Waals surface area contributed by atoms with E-state index in [1.54, 1.807) is 0 Å². The molecule has 1 aromatic carbocycles. The minimum atomic E-state index is 0.148. The second kappa shape index (κ2) is 4.64. The van der Waals surface area contributed by atoms with Gasteiger partial charge in [-0.15, -0.1) is 0 Å². The first-order valence-corrected chi connectivity index (χ1v) is 6.53. The molecule has 0 amide bonds. The normalized spacial score (nSPS) is 11.1. The maximum Gasteiger partial charge on any atom is 0.222 e. The highest BCUT2D eigenvalue weighted by atomic mass is 35.5. The van der Waals surface area contributed by atoms with E-state index in [2.05, 4.69) is 19.9 Å². The van der Waals surface area contributed by atoms with Crippen LogP contribution in [0.15, 0.2) is 18.2 Å². The van der Waals surface area contributed by atoms with E-state index in [4.69, 9.17) is 23.1 Å². The van der Waals surface area contributed by atoms with Crippen LogP contribution in [0, 0.1) is 0 Å². The lowest BCUT2D eigenvalue weighted by molar-refractivity contribution is 0.991. The van der Waals surface area contributed by atoms with E-state index >= 15 is 0 Å². The Kier molecular flexibility index (Phi) is 2.94. The fraction of sp³-hybridized carbons (Fsp3) is 0.154. The average molecular weight is 289 g/mol. The molecule has 2 heterocycles. The third kappa shape index (κ3) is 2.04. The fourth-order valence-electron chi connectivity index (χ4n) is 2.08. The number of nitrogen functional groups attached to an aromatic ring is 2. The van der Waals surface area contributed by atoms with Crippen LogP contribution in [0.5, 0.6) is 0 Å². The minimum Gasteiger partial charge on any atom is -0.383 e. The number of imidazole rings is 1. The zero-order chi connectivity index (χ0) is 14.3. The van der Waals surface area contributed by atoms with Gasteiger partial charge in [-0.1, -0.05) is 24.6 Å². The van der Waals surface area contributed by atoms with Gasteiger partial charge in [0.2, 0.25) is 5.95 Å². The summed E-state index contributed by atoms with van der Waals surface area (Å²) in [6.45, 7) is 2.01. The number of anilines is 2. The van der Waals surface area contributed by atoms with E-state index in [0.717, 1.165) is 23.2 Å². The quantitative estimate of drug-likeness (QED) is 0.671. The SMILES string of the molecule is CCc1nc(-c2ccc3c(N)nc(N)nc3c2)c(Cl)[nH]1. The summed E-state index contributed by atoms with van der Waals surface area (Å²) >= 11 is 6.17. The van der Waals surface area contributed by atoms with E-state index in [9.17, 15) is 0 Å². The molecule has 102 valence electrons. The summed E-state index contributed by atoms with van der Waals surface area (Å²) in [6, 6.07) is 5.58. The van der Waals surface area contributed by atoms with E-state index in [1.807, 2.05) is 25.1 Å². The van der Waals surface area contributed by atoms with Gasteiger partial charge in [0.15, 0.2) is 0 Å². The number of aromatic amines is 1. The number of aryl methyl sites for hydroxylation is 1. The predicted molar refractivity (Wildman–Crippen MR) is 80.3 cm³/mol. The molecule has 0 atom stereocenters. The van der Waals surface area contributed by atoms with Crippen LogP contribution in [0.1, 0.15) is 12.7 Å². The summed E-state index contributed by atoms with van der Waals surface area (Å²) in [4.78, 5) is 15.6. The van der Waals surface area contributed by atoms with Crippen molar-refractivity contribution in [3.8, 4) is 11.3 Å². The van der Waals surface area contributed by atoms with Crippen molar-refractivity contribution in [1.29, 1.82) is 0 Å². The Morgan fingerprint density at radius 1 is 1.20 bits per heavy atom. The maximum absolute atomic E-state index is 6.17. The van der Waals surface area contributed by atoms with E-state index < -0.39 is 0 Å². The van der Waals surface area contributed by atoms with Gasteiger partial charge in [0.05, 0.1) is 5.52 Å². The summed E-state index contributed by atoms with van der Waals surface area (Å²) < 4.78 is 0. The molecule has 0 spiro atoms. The molecule has 6 nitrogen and oxygen atoms in total. The first kappa shape index (κ1) is 12.7. The number of H-pyrrole nitrogens is 1. The maximum atomic E-state index is 6.17. The number of rotatable bonds is 2. The van der Waals surface area contributed by atoms with Crippen LogP contribution in [-0.4, -0.2) is 19.9 Å². The van der Waals surface area contributed by atoms with Gasteiger partial charge < -0.3 is 16.5 Å². The summed E-state index contributed by atoms with van der Waals surface area (Å²) in [6.07, 6.45) is 0.787. The number of nitrogens with zero attached hydrogens (tertiary/aromatic N) is 3. The molecule has 20 heavy (non-hydrogen) atoms. The highest BCUT2D eigenvalue weighted by Gasteiger charge is 2.12. The molecular formula is C13H13ClN6. The first-order chi connectivity index (χ1) is 9.58. The van der Waals surface area contributed by atoms with Gasteiger partial charge in [0.1, 0.15) is 22.5 Å².